The highest BCUT2D eigenvalue weighted by atomic mass is 32.3. The van der Waals surface area contributed by atoms with Gasteiger partial charge in [-0.2, -0.15) is 26.3 Å². The molecule has 0 N–H and O–H groups in total. The minimum atomic E-state index is -6.76. The van der Waals surface area contributed by atoms with E-state index in [1.165, 1.54) is 0 Å². The van der Waals surface area contributed by atoms with E-state index in [1.54, 1.807) is 0 Å². The summed E-state index contributed by atoms with van der Waals surface area (Å²) >= 11 is 0. The summed E-state index contributed by atoms with van der Waals surface area (Å²) in [4.78, 5) is 0. The van der Waals surface area contributed by atoms with Crippen LogP contribution in [-0.2, 0) is 20.0 Å². The molecular weight excluding hydrogens is 316 g/mol. The van der Waals surface area contributed by atoms with E-state index >= 15 is 0 Å². The highest BCUT2D eigenvalue weighted by molar-refractivity contribution is 8.04. The van der Waals surface area contributed by atoms with Gasteiger partial charge in [0.25, 0.3) is 0 Å². The Morgan fingerprint density at radius 2 is 1.17 bits per heavy atom. The third kappa shape index (κ3) is 2.87. The molecule has 0 aliphatic heterocycles. The summed E-state index contributed by atoms with van der Waals surface area (Å²) in [5, 5.41) is 0. The summed E-state index contributed by atoms with van der Waals surface area (Å²) in [6, 6.07) is 0. The van der Waals surface area contributed by atoms with Crippen LogP contribution in [0.25, 0.3) is 0 Å². The molecular formula is C5H3F6NO4S2. The van der Waals surface area contributed by atoms with E-state index in [4.69, 9.17) is 0 Å². The van der Waals surface area contributed by atoms with Crippen LogP contribution in [0.5, 0.6) is 0 Å². The van der Waals surface area contributed by atoms with Crippen LogP contribution in [0.1, 0.15) is 0 Å². The van der Waals surface area contributed by atoms with Crippen molar-refractivity contribution in [2.75, 3.05) is 6.54 Å². The Morgan fingerprint density at radius 1 is 0.889 bits per heavy atom. The molecule has 0 fully saturated rings. The summed E-state index contributed by atoms with van der Waals surface area (Å²) in [6.07, 6.45) is 4.35. The maximum absolute atomic E-state index is 12.0. The molecule has 0 aromatic rings. The number of alkyl halides is 6. The maximum atomic E-state index is 12.0. The van der Waals surface area contributed by atoms with Crippen LogP contribution >= 0.6 is 0 Å². The van der Waals surface area contributed by atoms with Crippen molar-refractivity contribution in [1.29, 1.82) is 0 Å². The topological polar surface area (TPSA) is 71.5 Å². The number of sulfonamides is 2. The zero-order chi connectivity index (χ0) is 15.0. The van der Waals surface area contributed by atoms with Gasteiger partial charge in [-0.3, -0.25) is 0 Å². The number of terminal acetylenes is 1. The van der Waals surface area contributed by atoms with Crippen molar-refractivity contribution in [1.82, 2.24) is 3.71 Å². The first-order valence-electron chi connectivity index (χ1n) is 3.53. The van der Waals surface area contributed by atoms with E-state index in [1.807, 2.05) is 0 Å². The predicted octanol–water partition coefficient (Wildman–Crippen LogP) is 0.621. The number of hydrogen-bond donors (Lipinski definition) is 0. The van der Waals surface area contributed by atoms with Crippen LogP contribution in [0.3, 0.4) is 0 Å². The molecule has 106 valence electrons. The van der Waals surface area contributed by atoms with Crippen LogP contribution in [-0.4, -0.2) is 38.1 Å². The molecule has 13 heteroatoms. The molecule has 0 rings (SSSR count). The van der Waals surface area contributed by atoms with Gasteiger partial charge in [0, 0.05) is 0 Å². The SMILES string of the molecule is C#CCN(S(=O)(=O)C(F)(F)F)S(=O)(=O)C(F)(F)F. The van der Waals surface area contributed by atoms with E-state index < -0.39 is 41.3 Å². The molecule has 0 aliphatic carbocycles. The molecule has 0 aromatic heterocycles. The Morgan fingerprint density at radius 3 is 1.33 bits per heavy atom. The van der Waals surface area contributed by atoms with E-state index in [0.717, 1.165) is 5.92 Å². The molecule has 0 saturated heterocycles. The summed E-state index contributed by atoms with van der Waals surface area (Å²) in [6.45, 7) is -1.93. The molecule has 0 saturated carbocycles. The minimum absolute atomic E-state index is 1.09. The van der Waals surface area contributed by atoms with Crippen molar-refractivity contribution in [3.05, 3.63) is 0 Å². The lowest BCUT2D eigenvalue weighted by atomic mass is 10.7. The second kappa shape index (κ2) is 4.59. The molecule has 0 bridgehead atoms. The molecule has 0 radical (unpaired) electrons. The standard InChI is InChI=1S/C5H3F6NO4S2/c1-2-3-12(17(13,14)4(6,7)8)18(15,16)5(9,10)11/h1H,3H2. The van der Waals surface area contributed by atoms with Gasteiger partial charge in [0.05, 0.1) is 6.54 Å². The molecule has 0 atom stereocenters. The molecule has 0 amide bonds. The average Bonchev–Trinajstić information content (AvgIpc) is 2.09. The lowest BCUT2D eigenvalue weighted by Crippen LogP contribution is -2.49. The van der Waals surface area contributed by atoms with Gasteiger partial charge < -0.3 is 0 Å². The Balaban J connectivity index is 6.05. The van der Waals surface area contributed by atoms with Crippen LogP contribution in [0.2, 0.25) is 0 Å². The van der Waals surface area contributed by atoms with Crippen LogP contribution < -0.4 is 0 Å². The Kier molecular flexibility index (Phi) is 4.34. The normalized spacial score (nSPS) is 14.6. The fourth-order valence-electron chi connectivity index (χ4n) is 0.605. The second-order valence-corrected chi connectivity index (χ2v) is 6.48. The molecule has 0 spiro atoms. The molecule has 0 aliphatic rings. The number of rotatable bonds is 3. The smallest absolute Gasteiger partial charge is 0.202 e. The maximum Gasteiger partial charge on any atom is 0.512 e. The van der Waals surface area contributed by atoms with E-state index in [2.05, 4.69) is 6.42 Å². The molecule has 18 heavy (non-hydrogen) atoms. The largest absolute Gasteiger partial charge is 0.512 e. The fourth-order valence-corrected chi connectivity index (χ4v) is 3.10. The zero-order valence-corrected chi connectivity index (χ0v) is 9.58. The lowest BCUT2D eigenvalue weighted by Gasteiger charge is -2.21. The van der Waals surface area contributed by atoms with Crippen LogP contribution in [0.4, 0.5) is 26.3 Å². The van der Waals surface area contributed by atoms with E-state index in [-0.39, 0.29) is 0 Å². The zero-order valence-electron chi connectivity index (χ0n) is 7.95. The highest BCUT2D eigenvalue weighted by Gasteiger charge is 2.61. The summed E-state index contributed by atoms with van der Waals surface area (Å²) in [7, 11) is -13.5. The van der Waals surface area contributed by atoms with Gasteiger partial charge in [-0.25, -0.2) is 16.8 Å². The van der Waals surface area contributed by atoms with E-state index in [0.29, 0.717) is 0 Å². The van der Waals surface area contributed by atoms with E-state index in [9.17, 15) is 43.2 Å². The van der Waals surface area contributed by atoms with Crippen molar-refractivity contribution < 1.29 is 43.2 Å². The first kappa shape index (κ1) is 17.0. The lowest BCUT2D eigenvalue weighted by molar-refractivity contribution is -0.0527. The third-order valence-electron chi connectivity index (χ3n) is 1.34. The predicted molar refractivity (Wildman–Crippen MR) is 45.5 cm³/mol. The average molecular weight is 319 g/mol. The summed E-state index contributed by atoms with van der Waals surface area (Å²) < 4.78 is 113. The van der Waals surface area contributed by atoms with Crippen molar-refractivity contribution >= 4 is 20.0 Å². The fraction of sp³-hybridized carbons (Fsp3) is 0.600. The van der Waals surface area contributed by atoms with Gasteiger partial charge in [-0.05, 0) is 0 Å². The number of hydrogen-bond acceptors (Lipinski definition) is 4. The first-order chi connectivity index (χ1) is 7.69. The van der Waals surface area contributed by atoms with Crippen LogP contribution in [0, 0.1) is 12.3 Å². The number of nitrogens with zero attached hydrogens (tertiary/aromatic N) is 1. The Hall–Kier alpha value is -1.00. The van der Waals surface area contributed by atoms with Gasteiger partial charge >= 0.3 is 31.1 Å². The quantitative estimate of drug-likeness (QED) is 0.565. The van der Waals surface area contributed by atoms with Crippen LogP contribution in [0.15, 0.2) is 0 Å². The van der Waals surface area contributed by atoms with Gasteiger partial charge in [0.1, 0.15) is 0 Å². The summed E-state index contributed by atoms with van der Waals surface area (Å²) in [5.41, 5.74) is -12.5. The highest BCUT2D eigenvalue weighted by Crippen LogP contribution is 2.34. The van der Waals surface area contributed by atoms with Gasteiger partial charge in [0.2, 0.25) is 0 Å². The van der Waals surface area contributed by atoms with Crippen molar-refractivity contribution in [2.24, 2.45) is 0 Å². The summed E-state index contributed by atoms with van der Waals surface area (Å²) in [5.74, 6) is 1.09. The minimum Gasteiger partial charge on any atom is -0.202 e. The molecule has 5 nitrogen and oxygen atoms in total. The Bertz CT molecular complexity index is 506. The van der Waals surface area contributed by atoms with Gasteiger partial charge in [-0.15, -0.1) is 6.42 Å². The van der Waals surface area contributed by atoms with Gasteiger partial charge in [-0.1, -0.05) is 9.63 Å². The van der Waals surface area contributed by atoms with Gasteiger partial charge in [0.15, 0.2) is 0 Å². The monoisotopic (exact) mass is 319 g/mol. The first-order valence-corrected chi connectivity index (χ1v) is 6.41. The van der Waals surface area contributed by atoms with Crippen molar-refractivity contribution in [2.45, 2.75) is 11.0 Å². The Labute approximate surface area is 97.5 Å². The molecule has 0 heterocycles. The molecule has 0 aromatic carbocycles. The molecule has 0 unspecified atom stereocenters. The number of halogens is 6. The van der Waals surface area contributed by atoms with Crippen molar-refractivity contribution in [3.63, 3.8) is 0 Å². The second-order valence-electron chi connectivity index (χ2n) is 2.54. The van der Waals surface area contributed by atoms with Crippen molar-refractivity contribution in [3.8, 4) is 12.3 Å². The third-order valence-corrected chi connectivity index (χ3v) is 5.02.